The predicted molar refractivity (Wildman–Crippen MR) is 102 cm³/mol. The van der Waals surface area contributed by atoms with E-state index < -0.39 is 0 Å². The summed E-state index contributed by atoms with van der Waals surface area (Å²) >= 11 is 0. The van der Waals surface area contributed by atoms with Crippen LogP contribution in [0.2, 0.25) is 0 Å². The molecule has 0 bridgehead atoms. The van der Waals surface area contributed by atoms with Crippen molar-refractivity contribution in [2.24, 2.45) is 35.0 Å². The zero-order valence-electron chi connectivity index (χ0n) is 17.7. The van der Waals surface area contributed by atoms with Crippen molar-refractivity contribution in [3.05, 3.63) is 0 Å². The smallest absolute Gasteiger partial charge is 0.223 e. The fourth-order valence-corrected chi connectivity index (χ4v) is 3.24. The fourth-order valence-electron chi connectivity index (χ4n) is 3.24. The third-order valence-electron chi connectivity index (χ3n) is 5.34. The molecule has 3 unspecified atom stereocenters. The van der Waals surface area contributed by atoms with E-state index in [1.165, 1.54) is 0 Å². The Bertz CT molecular complexity index is 363. The van der Waals surface area contributed by atoms with E-state index in [4.69, 9.17) is 0 Å². The largest absolute Gasteiger partial charge is 0.351 e. The molecule has 0 spiro atoms. The summed E-state index contributed by atoms with van der Waals surface area (Å²) in [6.45, 7) is 24.5. The van der Waals surface area contributed by atoms with Crippen LogP contribution in [0.3, 0.4) is 0 Å². The van der Waals surface area contributed by atoms with Crippen LogP contribution in [0, 0.1) is 35.0 Å². The summed E-state index contributed by atoms with van der Waals surface area (Å²) in [7, 11) is 0. The Morgan fingerprint density at radius 1 is 0.913 bits per heavy atom. The molecule has 0 fully saturated rings. The van der Waals surface area contributed by atoms with Crippen LogP contribution in [0.5, 0.6) is 0 Å². The highest BCUT2D eigenvalue weighted by Crippen LogP contribution is 2.32. The average Bonchev–Trinajstić information content (AvgIpc) is 2.31. The van der Waals surface area contributed by atoms with Crippen LogP contribution in [0.1, 0.15) is 89.0 Å². The van der Waals surface area contributed by atoms with Gasteiger partial charge in [0, 0.05) is 11.5 Å². The van der Waals surface area contributed by atoms with E-state index in [0.717, 1.165) is 12.8 Å². The van der Waals surface area contributed by atoms with Crippen molar-refractivity contribution in [1.29, 1.82) is 0 Å². The maximum absolute atomic E-state index is 13.0. The molecule has 1 amide bonds. The molecular weight excluding hydrogens is 282 g/mol. The minimum absolute atomic E-state index is 0.108. The molecule has 0 radical (unpaired) electrons. The first-order valence-corrected chi connectivity index (χ1v) is 9.49. The van der Waals surface area contributed by atoms with Crippen LogP contribution < -0.4 is 5.32 Å². The summed E-state index contributed by atoms with van der Waals surface area (Å²) in [5.41, 5.74) is 0.111. The quantitative estimate of drug-likeness (QED) is 0.590. The lowest BCUT2D eigenvalue weighted by molar-refractivity contribution is -0.130. The first-order valence-electron chi connectivity index (χ1n) is 9.49. The number of nitrogens with one attached hydrogen (secondary N) is 1. The lowest BCUT2D eigenvalue weighted by Crippen LogP contribution is -2.52. The summed E-state index contributed by atoms with van der Waals surface area (Å²) in [5, 5.41) is 3.38. The first kappa shape index (κ1) is 22.5. The van der Waals surface area contributed by atoms with Gasteiger partial charge in [0.2, 0.25) is 5.91 Å². The van der Waals surface area contributed by atoms with Gasteiger partial charge >= 0.3 is 0 Å². The molecule has 0 aromatic carbocycles. The van der Waals surface area contributed by atoms with Crippen molar-refractivity contribution in [2.75, 3.05) is 0 Å². The van der Waals surface area contributed by atoms with E-state index in [9.17, 15) is 4.79 Å². The van der Waals surface area contributed by atoms with E-state index >= 15 is 0 Å². The van der Waals surface area contributed by atoms with Gasteiger partial charge < -0.3 is 5.32 Å². The van der Waals surface area contributed by atoms with Gasteiger partial charge in [0.25, 0.3) is 0 Å². The summed E-state index contributed by atoms with van der Waals surface area (Å²) in [5.74, 6) is 2.27. The highest BCUT2D eigenvalue weighted by atomic mass is 16.2. The molecule has 23 heavy (non-hydrogen) atoms. The molecule has 0 saturated heterocycles. The SMILES string of the molecule is CC(C)CC(C(=O)NC(C)(C)C(C)CC(C)(C)C)C(C)C(C)C. The average molecular weight is 326 g/mol. The van der Waals surface area contributed by atoms with E-state index in [0.29, 0.717) is 23.7 Å². The molecule has 2 nitrogen and oxygen atoms in total. The van der Waals surface area contributed by atoms with Gasteiger partial charge in [-0.1, -0.05) is 62.3 Å². The monoisotopic (exact) mass is 325 g/mol. The highest BCUT2D eigenvalue weighted by molar-refractivity contribution is 5.79. The molecule has 0 rings (SSSR count). The minimum atomic E-state index is -0.170. The molecule has 2 heteroatoms. The summed E-state index contributed by atoms with van der Waals surface area (Å²) in [6.07, 6.45) is 2.07. The summed E-state index contributed by atoms with van der Waals surface area (Å²) < 4.78 is 0. The topological polar surface area (TPSA) is 29.1 Å². The van der Waals surface area contributed by atoms with Gasteiger partial charge in [-0.3, -0.25) is 4.79 Å². The summed E-state index contributed by atoms with van der Waals surface area (Å²) in [4.78, 5) is 13.0. The Morgan fingerprint density at radius 2 is 1.39 bits per heavy atom. The lowest BCUT2D eigenvalue weighted by atomic mass is 9.75. The molecule has 0 aliphatic carbocycles. The molecule has 0 aromatic heterocycles. The van der Waals surface area contributed by atoms with Crippen molar-refractivity contribution < 1.29 is 4.79 Å². The number of amides is 1. The van der Waals surface area contributed by atoms with Crippen molar-refractivity contribution in [1.82, 2.24) is 5.32 Å². The number of carbonyl (C=O) groups is 1. The fraction of sp³-hybridized carbons (Fsp3) is 0.952. The van der Waals surface area contributed by atoms with E-state index in [2.05, 4.69) is 81.5 Å². The number of hydrogen-bond donors (Lipinski definition) is 1. The maximum atomic E-state index is 13.0. The standard InChI is InChI=1S/C21H43NO/c1-14(2)12-18(17(6)15(3)4)19(23)22-21(10,11)16(5)13-20(7,8)9/h14-18H,12-13H2,1-11H3,(H,22,23). The summed E-state index contributed by atoms with van der Waals surface area (Å²) in [6, 6.07) is 0. The molecule has 3 atom stereocenters. The zero-order chi connectivity index (χ0) is 18.6. The first-order chi connectivity index (χ1) is 10.2. The third-order valence-corrected chi connectivity index (χ3v) is 5.34. The van der Waals surface area contributed by atoms with Crippen molar-refractivity contribution in [3.8, 4) is 0 Å². The van der Waals surface area contributed by atoms with Gasteiger partial charge in [0.15, 0.2) is 0 Å². The zero-order valence-corrected chi connectivity index (χ0v) is 17.7. The highest BCUT2D eigenvalue weighted by Gasteiger charge is 2.35. The molecule has 0 saturated carbocycles. The second kappa shape index (κ2) is 8.53. The Balaban J connectivity index is 5.08. The number of carbonyl (C=O) groups excluding carboxylic acids is 1. The Hall–Kier alpha value is -0.530. The molecule has 1 N–H and O–H groups in total. The van der Waals surface area contributed by atoms with Gasteiger partial charge in [-0.15, -0.1) is 0 Å². The Morgan fingerprint density at radius 3 is 1.74 bits per heavy atom. The number of hydrogen-bond acceptors (Lipinski definition) is 1. The van der Waals surface area contributed by atoms with Gasteiger partial charge in [-0.2, -0.15) is 0 Å². The molecule has 0 aliphatic heterocycles. The van der Waals surface area contributed by atoms with Crippen molar-refractivity contribution >= 4 is 5.91 Å². The maximum Gasteiger partial charge on any atom is 0.223 e. The second-order valence-corrected chi connectivity index (χ2v) is 10.2. The van der Waals surface area contributed by atoms with Gasteiger partial charge in [-0.25, -0.2) is 0 Å². The van der Waals surface area contributed by atoms with Gasteiger partial charge in [-0.05, 0) is 55.8 Å². The van der Waals surface area contributed by atoms with Crippen LogP contribution in [0.4, 0.5) is 0 Å². The lowest BCUT2D eigenvalue weighted by Gasteiger charge is -2.39. The van der Waals surface area contributed by atoms with E-state index in [1.807, 2.05) is 0 Å². The van der Waals surface area contributed by atoms with Crippen LogP contribution in [0.15, 0.2) is 0 Å². The third kappa shape index (κ3) is 8.22. The van der Waals surface area contributed by atoms with Crippen LogP contribution in [0.25, 0.3) is 0 Å². The number of rotatable bonds is 8. The van der Waals surface area contributed by atoms with E-state index in [1.54, 1.807) is 0 Å². The molecule has 0 heterocycles. The van der Waals surface area contributed by atoms with Crippen molar-refractivity contribution in [3.63, 3.8) is 0 Å². The molecule has 0 aliphatic rings. The van der Waals surface area contributed by atoms with Crippen LogP contribution >= 0.6 is 0 Å². The molecular formula is C21H43NO. The minimum Gasteiger partial charge on any atom is -0.351 e. The Labute approximate surface area is 146 Å². The normalized spacial score (nSPS) is 17.3. The van der Waals surface area contributed by atoms with Crippen LogP contribution in [-0.4, -0.2) is 11.4 Å². The van der Waals surface area contributed by atoms with Gasteiger partial charge in [0.05, 0.1) is 0 Å². The van der Waals surface area contributed by atoms with Crippen LogP contribution in [-0.2, 0) is 4.79 Å². The Kier molecular flexibility index (Phi) is 8.34. The van der Waals surface area contributed by atoms with E-state index in [-0.39, 0.29) is 22.8 Å². The van der Waals surface area contributed by atoms with Crippen molar-refractivity contribution in [2.45, 2.75) is 94.5 Å². The predicted octanol–water partition coefficient (Wildman–Crippen LogP) is 5.91. The second-order valence-electron chi connectivity index (χ2n) is 10.2. The molecule has 0 aromatic rings. The van der Waals surface area contributed by atoms with Gasteiger partial charge in [0.1, 0.15) is 0 Å². The molecule has 138 valence electrons.